The maximum atomic E-state index is 5.18. The van der Waals surface area contributed by atoms with E-state index in [0.29, 0.717) is 35.9 Å². The number of aromatic amines is 1. The number of H-pyrrole nitrogens is 1. The fourth-order valence-corrected chi connectivity index (χ4v) is 1.61. The summed E-state index contributed by atoms with van der Waals surface area (Å²) in [5, 5.41) is 13.5. The van der Waals surface area contributed by atoms with Crippen LogP contribution in [0.15, 0.2) is 10.9 Å². The fourth-order valence-electron chi connectivity index (χ4n) is 1.61. The Labute approximate surface area is 99.0 Å². The first kappa shape index (κ1) is 11.7. The summed E-state index contributed by atoms with van der Waals surface area (Å²) >= 11 is 0. The standard InChI is InChI=1S/C10H16N6O/c1-6(2)7(11-3)4-8-14-10(16-17-8)9-12-5-13-15-9/h5-7,11H,4H2,1-3H3,(H,12,13,15). The highest BCUT2D eigenvalue weighted by atomic mass is 16.5. The van der Waals surface area contributed by atoms with Gasteiger partial charge in [0.2, 0.25) is 11.7 Å². The minimum atomic E-state index is 0.318. The minimum absolute atomic E-state index is 0.318. The van der Waals surface area contributed by atoms with Crippen molar-refractivity contribution < 1.29 is 4.52 Å². The van der Waals surface area contributed by atoms with Crippen LogP contribution in [0.2, 0.25) is 0 Å². The first-order valence-electron chi connectivity index (χ1n) is 5.56. The zero-order valence-electron chi connectivity index (χ0n) is 10.1. The van der Waals surface area contributed by atoms with Crippen molar-refractivity contribution in [3.63, 3.8) is 0 Å². The summed E-state index contributed by atoms with van der Waals surface area (Å²) in [5.74, 6) is 2.06. The van der Waals surface area contributed by atoms with Crippen LogP contribution in [0, 0.1) is 5.92 Å². The molecule has 2 aromatic rings. The Kier molecular flexibility index (Phi) is 3.48. The third-order valence-electron chi connectivity index (χ3n) is 2.66. The van der Waals surface area contributed by atoms with E-state index in [-0.39, 0.29) is 0 Å². The molecule has 1 unspecified atom stereocenters. The lowest BCUT2D eigenvalue weighted by Crippen LogP contribution is -2.32. The monoisotopic (exact) mass is 236 g/mol. The predicted molar refractivity (Wildman–Crippen MR) is 61.1 cm³/mol. The molecule has 17 heavy (non-hydrogen) atoms. The van der Waals surface area contributed by atoms with E-state index in [2.05, 4.69) is 44.5 Å². The second-order valence-corrected chi connectivity index (χ2v) is 4.19. The van der Waals surface area contributed by atoms with E-state index in [1.807, 2.05) is 7.05 Å². The van der Waals surface area contributed by atoms with Crippen molar-refractivity contribution in [3.8, 4) is 11.6 Å². The van der Waals surface area contributed by atoms with Crippen LogP contribution in [0.1, 0.15) is 19.7 Å². The number of hydrogen-bond acceptors (Lipinski definition) is 6. The molecule has 0 saturated heterocycles. The molecule has 0 aliphatic rings. The zero-order chi connectivity index (χ0) is 12.3. The Balaban J connectivity index is 2.08. The summed E-state index contributed by atoms with van der Waals surface area (Å²) < 4.78 is 5.18. The molecule has 0 fully saturated rings. The highest BCUT2D eigenvalue weighted by Gasteiger charge is 2.17. The summed E-state index contributed by atoms with van der Waals surface area (Å²) in [4.78, 5) is 8.24. The summed E-state index contributed by atoms with van der Waals surface area (Å²) in [5.41, 5.74) is 0. The molecule has 7 heteroatoms. The molecule has 0 aliphatic heterocycles. The molecule has 92 valence electrons. The normalized spacial score (nSPS) is 13.2. The maximum absolute atomic E-state index is 5.18. The van der Waals surface area contributed by atoms with Gasteiger partial charge in [0.1, 0.15) is 6.33 Å². The van der Waals surface area contributed by atoms with E-state index >= 15 is 0 Å². The third-order valence-corrected chi connectivity index (χ3v) is 2.66. The van der Waals surface area contributed by atoms with Gasteiger partial charge in [-0.25, -0.2) is 4.98 Å². The molecule has 7 nitrogen and oxygen atoms in total. The van der Waals surface area contributed by atoms with E-state index in [1.54, 1.807) is 0 Å². The van der Waals surface area contributed by atoms with Gasteiger partial charge in [-0.05, 0) is 13.0 Å². The van der Waals surface area contributed by atoms with Gasteiger partial charge in [0, 0.05) is 12.5 Å². The predicted octanol–water partition coefficient (Wildman–Crippen LogP) is 0.641. The Hall–Kier alpha value is -1.76. The van der Waals surface area contributed by atoms with E-state index < -0.39 is 0 Å². The summed E-state index contributed by atoms with van der Waals surface area (Å²) in [7, 11) is 1.93. The lowest BCUT2D eigenvalue weighted by Gasteiger charge is -2.17. The smallest absolute Gasteiger partial charge is 0.239 e. The summed E-state index contributed by atoms with van der Waals surface area (Å²) in [6, 6.07) is 0.318. The third kappa shape index (κ3) is 2.68. The van der Waals surface area contributed by atoms with Crippen LogP contribution in [0.4, 0.5) is 0 Å². The quantitative estimate of drug-likeness (QED) is 0.791. The Bertz CT molecular complexity index is 449. The van der Waals surface area contributed by atoms with Crippen LogP contribution in [0.3, 0.4) is 0 Å². The van der Waals surface area contributed by atoms with Gasteiger partial charge in [0.15, 0.2) is 5.82 Å². The van der Waals surface area contributed by atoms with Crippen LogP contribution in [-0.2, 0) is 6.42 Å². The van der Waals surface area contributed by atoms with Crippen molar-refractivity contribution >= 4 is 0 Å². The maximum Gasteiger partial charge on any atom is 0.239 e. The highest BCUT2D eigenvalue weighted by molar-refractivity contribution is 5.39. The van der Waals surface area contributed by atoms with Crippen molar-refractivity contribution in [2.45, 2.75) is 26.3 Å². The van der Waals surface area contributed by atoms with Gasteiger partial charge in [-0.15, -0.1) is 0 Å². The average molecular weight is 236 g/mol. The minimum Gasteiger partial charge on any atom is -0.339 e. The number of aromatic nitrogens is 5. The second kappa shape index (κ2) is 5.05. The molecular formula is C10H16N6O. The fraction of sp³-hybridized carbons (Fsp3) is 0.600. The van der Waals surface area contributed by atoms with Crippen LogP contribution in [0.5, 0.6) is 0 Å². The van der Waals surface area contributed by atoms with E-state index in [1.165, 1.54) is 6.33 Å². The van der Waals surface area contributed by atoms with Gasteiger partial charge < -0.3 is 9.84 Å². The molecule has 2 aromatic heterocycles. The van der Waals surface area contributed by atoms with Gasteiger partial charge in [-0.3, -0.25) is 5.10 Å². The van der Waals surface area contributed by atoms with Crippen LogP contribution in [0.25, 0.3) is 11.6 Å². The van der Waals surface area contributed by atoms with Crippen molar-refractivity contribution in [3.05, 3.63) is 12.2 Å². The van der Waals surface area contributed by atoms with Crippen LogP contribution in [-0.4, -0.2) is 38.4 Å². The van der Waals surface area contributed by atoms with Gasteiger partial charge in [0.25, 0.3) is 0 Å². The number of likely N-dealkylation sites (N-methyl/N-ethyl adjacent to an activating group) is 1. The number of nitrogens with zero attached hydrogens (tertiary/aromatic N) is 4. The van der Waals surface area contributed by atoms with Crippen molar-refractivity contribution in [1.29, 1.82) is 0 Å². The largest absolute Gasteiger partial charge is 0.339 e. The van der Waals surface area contributed by atoms with Crippen LogP contribution < -0.4 is 5.32 Å². The molecule has 0 amide bonds. The number of nitrogens with one attached hydrogen (secondary N) is 2. The highest BCUT2D eigenvalue weighted by Crippen LogP contribution is 2.12. The van der Waals surface area contributed by atoms with Crippen molar-refractivity contribution in [1.82, 2.24) is 30.6 Å². The molecule has 2 rings (SSSR count). The topological polar surface area (TPSA) is 92.5 Å². The lowest BCUT2D eigenvalue weighted by molar-refractivity contribution is 0.335. The second-order valence-electron chi connectivity index (χ2n) is 4.19. The average Bonchev–Trinajstić information content (AvgIpc) is 2.95. The summed E-state index contributed by atoms with van der Waals surface area (Å²) in [6.07, 6.45) is 2.12. The van der Waals surface area contributed by atoms with Gasteiger partial charge in [-0.2, -0.15) is 10.1 Å². The van der Waals surface area contributed by atoms with Gasteiger partial charge in [-0.1, -0.05) is 19.0 Å². The van der Waals surface area contributed by atoms with E-state index in [0.717, 1.165) is 0 Å². The van der Waals surface area contributed by atoms with Crippen molar-refractivity contribution in [2.75, 3.05) is 7.05 Å². The molecule has 2 N–H and O–H groups in total. The SMILES string of the molecule is CNC(Cc1nc(-c2ncn[nH]2)no1)C(C)C. The Morgan fingerprint density at radius 2 is 2.29 bits per heavy atom. The Morgan fingerprint density at radius 1 is 1.47 bits per heavy atom. The molecule has 0 radical (unpaired) electrons. The zero-order valence-corrected chi connectivity index (χ0v) is 10.1. The molecule has 0 aromatic carbocycles. The van der Waals surface area contributed by atoms with Gasteiger partial charge in [0.05, 0.1) is 0 Å². The molecule has 0 spiro atoms. The first-order chi connectivity index (χ1) is 8.20. The Morgan fingerprint density at radius 3 is 2.88 bits per heavy atom. The lowest BCUT2D eigenvalue weighted by atomic mass is 10.0. The van der Waals surface area contributed by atoms with Gasteiger partial charge >= 0.3 is 0 Å². The number of rotatable bonds is 5. The molecule has 2 heterocycles. The van der Waals surface area contributed by atoms with Crippen LogP contribution >= 0.6 is 0 Å². The summed E-state index contributed by atoms with van der Waals surface area (Å²) in [6.45, 7) is 4.30. The van der Waals surface area contributed by atoms with E-state index in [4.69, 9.17) is 4.52 Å². The molecular weight excluding hydrogens is 220 g/mol. The van der Waals surface area contributed by atoms with E-state index in [9.17, 15) is 0 Å². The molecule has 1 atom stereocenters. The number of hydrogen-bond donors (Lipinski definition) is 2. The molecule has 0 aliphatic carbocycles. The van der Waals surface area contributed by atoms with Crippen molar-refractivity contribution in [2.24, 2.45) is 5.92 Å². The molecule has 0 saturated carbocycles. The molecule has 0 bridgehead atoms. The first-order valence-corrected chi connectivity index (χ1v) is 5.56.